The zero-order chi connectivity index (χ0) is 28.3. The van der Waals surface area contributed by atoms with E-state index in [4.69, 9.17) is 0 Å². The lowest BCUT2D eigenvalue weighted by Gasteiger charge is -2.36. The molecular weight excluding hydrogens is 520 g/mol. The summed E-state index contributed by atoms with van der Waals surface area (Å²) in [6.07, 6.45) is 2.64. The second kappa shape index (κ2) is 11.4. The molecule has 0 spiro atoms. The Bertz CT molecular complexity index is 1480. The summed E-state index contributed by atoms with van der Waals surface area (Å²) >= 11 is 0. The van der Waals surface area contributed by atoms with Crippen LogP contribution in [-0.2, 0) is 33.9 Å². The van der Waals surface area contributed by atoms with E-state index in [0.717, 1.165) is 54.4 Å². The smallest absolute Gasteiger partial charge is 0.255 e. The van der Waals surface area contributed by atoms with E-state index in [1.165, 1.54) is 4.90 Å². The van der Waals surface area contributed by atoms with Gasteiger partial charge in [0.05, 0.1) is 6.42 Å². The van der Waals surface area contributed by atoms with Crippen LogP contribution in [0.5, 0.6) is 0 Å². The maximum Gasteiger partial charge on any atom is 0.255 e. The minimum Gasteiger partial charge on any atom is -0.368 e. The van der Waals surface area contributed by atoms with Crippen LogP contribution in [0.3, 0.4) is 0 Å². The lowest BCUT2D eigenvalue weighted by atomic mass is 10.0. The van der Waals surface area contributed by atoms with Gasteiger partial charge >= 0.3 is 0 Å². The molecule has 1 unspecified atom stereocenters. The van der Waals surface area contributed by atoms with Crippen molar-refractivity contribution in [1.82, 2.24) is 20.5 Å². The van der Waals surface area contributed by atoms with E-state index in [1.54, 1.807) is 6.07 Å². The van der Waals surface area contributed by atoms with E-state index >= 15 is 0 Å². The first-order valence-corrected chi connectivity index (χ1v) is 14.0. The average molecular weight is 553 g/mol. The van der Waals surface area contributed by atoms with Crippen molar-refractivity contribution in [2.45, 2.75) is 38.4 Å². The first-order valence-electron chi connectivity index (χ1n) is 14.0. The predicted octanol–water partition coefficient (Wildman–Crippen LogP) is 2.03. The molecule has 2 fully saturated rings. The van der Waals surface area contributed by atoms with Crippen molar-refractivity contribution in [3.63, 3.8) is 0 Å². The SMILES string of the molecule is O=C(Cc1cccc(N2CCN(c3ccccn3)CC2)c1)NCc1ccc2c(c1)CN(C1CCC(=O)NC1=O)C2=O. The number of piperidine rings is 1. The molecule has 4 heterocycles. The number of carbonyl (C=O) groups is 4. The molecule has 1 atom stereocenters. The third kappa shape index (κ3) is 5.77. The monoisotopic (exact) mass is 552 g/mol. The van der Waals surface area contributed by atoms with Gasteiger partial charge in [-0.05, 0) is 53.4 Å². The molecule has 2 saturated heterocycles. The molecule has 0 aliphatic carbocycles. The summed E-state index contributed by atoms with van der Waals surface area (Å²) in [5.41, 5.74) is 4.32. The van der Waals surface area contributed by atoms with Crippen molar-refractivity contribution < 1.29 is 19.2 Å². The van der Waals surface area contributed by atoms with Gasteiger partial charge in [-0.25, -0.2) is 4.98 Å². The largest absolute Gasteiger partial charge is 0.368 e. The number of benzene rings is 2. The zero-order valence-electron chi connectivity index (χ0n) is 22.7. The molecule has 6 rings (SSSR count). The number of fused-ring (bicyclic) bond motifs is 1. The maximum absolute atomic E-state index is 12.9. The highest BCUT2D eigenvalue weighted by molar-refractivity contribution is 6.05. The first kappa shape index (κ1) is 26.5. The van der Waals surface area contributed by atoms with Crippen LogP contribution in [0.25, 0.3) is 0 Å². The van der Waals surface area contributed by atoms with E-state index < -0.39 is 11.9 Å². The third-order valence-corrected chi connectivity index (χ3v) is 7.97. The van der Waals surface area contributed by atoms with Gasteiger partial charge < -0.3 is 20.0 Å². The molecule has 41 heavy (non-hydrogen) atoms. The molecule has 2 N–H and O–H groups in total. The summed E-state index contributed by atoms with van der Waals surface area (Å²) in [6, 6.07) is 18.9. The maximum atomic E-state index is 12.9. The quantitative estimate of drug-likeness (QED) is 0.431. The highest BCUT2D eigenvalue weighted by atomic mass is 16.2. The number of nitrogens with one attached hydrogen (secondary N) is 2. The van der Waals surface area contributed by atoms with Crippen molar-refractivity contribution in [2.24, 2.45) is 0 Å². The van der Waals surface area contributed by atoms with E-state index in [-0.39, 0.29) is 30.6 Å². The molecule has 4 amide bonds. The van der Waals surface area contributed by atoms with Crippen LogP contribution in [-0.4, -0.2) is 65.7 Å². The zero-order valence-corrected chi connectivity index (χ0v) is 22.7. The summed E-state index contributed by atoms with van der Waals surface area (Å²) in [4.78, 5) is 60.1. The Morgan fingerprint density at radius 3 is 2.54 bits per heavy atom. The van der Waals surface area contributed by atoms with Crippen LogP contribution in [0, 0.1) is 0 Å². The van der Waals surface area contributed by atoms with Crippen LogP contribution in [0.15, 0.2) is 66.9 Å². The van der Waals surface area contributed by atoms with Crippen molar-refractivity contribution >= 4 is 35.1 Å². The lowest BCUT2D eigenvalue weighted by Crippen LogP contribution is -2.52. The molecule has 0 saturated carbocycles. The number of anilines is 2. The Balaban J connectivity index is 1.02. The predicted molar refractivity (Wildman–Crippen MR) is 153 cm³/mol. The van der Waals surface area contributed by atoms with Gasteiger partial charge in [-0.15, -0.1) is 0 Å². The van der Waals surface area contributed by atoms with Crippen molar-refractivity contribution in [1.29, 1.82) is 0 Å². The number of carbonyl (C=O) groups excluding carboxylic acids is 4. The van der Waals surface area contributed by atoms with Gasteiger partial charge in [-0.2, -0.15) is 0 Å². The van der Waals surface area contributed by atoms with Crippen molar-refractivity contribution in [2.75, 3.05) is 36.0 Å². The Labute approximate surface area is 238 Å². The third-order valence-electron chi connectivity index (χ3n) is 7.97. The lowest BCUT2D eigenvalue weighted by molar-refractivity contribution is -0.137. The fraction of sp³-hybridized carbons (Fsp3) is 0.323. The Hall–Kier alpha value is -4.73. The van der Waals surface area contributed by atoms with Crippen LogP contribution in [0.1, 0.15) is 39.9 Å². The molecule has 210 valence electrons. The molecule has 3 aliphatic heterocycles. The van der Waals surface area contributed by atoms with Crippen molar-refractivity contribution in [3.8, 4) is 0 Å². The molecular formula is C31H32N6O4. The normalized spacial score (nSPS) is 18.8. The molecule has 0 bridgehead atoms. The molecule has 2 aromatic carbocycles. The van der Waals surface area contributed by atoms with Crippen LogP contribution in [0.2, 0.25) is 0 Å². The minimum atomic E-state index is -0.642. The summed E-state index contributed by atoms with van der Waals surface area (Å²) < 4.78 is 0. The number of aromatic nitrogens is 1. The standard InChI is InChI=1S/C31H32N6O4/c38-28-10-9-26(30(40)34-28)37-20-23-16-22(7-8-25(23)31(37)41)19-33-29(39)18-21-4-3-5-24(17-21)35-12-14-36(15-13-35)27-6-1-2-11-32-27/h1-8,11,16-17,26H,9-10,12-15,18-20H2,(H,33,39)(H,34,38,40). The first-order chi connectivity index (χ1) is 19.9. The summed E-state index contributed by atoms with van der Waals surface area (Å²) in [7, 11) is 0. The number of piperazine rings is 1. The topological polar surface area (TPSA) is 115 Å². The number of hydrogen-bond donors (Lipinski definition) is 2. The van der Waals surface area contributed by atoms with Crippen LogP contribution >= 0.6 is 0 Å². The highest BCUT2D eigenvalue weighted by Gasteiger charge is 2.39. The molecule has 10 heteroatoms. The summed E-state index contributed by atoms with van der Waals surface area (Å²) in [5.74, 6) is -0.0172. The second-order valence-corrected chi connectivity index (χ2v) is 10.7. The van der Waals surface area contributed by atoms with Gasteiger partial charge in [0.1, 0.15) is 11.9 Å². The number of nitrogens with zero attached hydrogens (tertiary/aromatic N) is 4. The van der Waals surface area contributed by atoms with Gasteiger partial charge in [-0.1, -0.05) is 30.3 Å². The second-order valence-electron chi connectivity index (χ2n) is 10.7. The summed E-state index contributed by atoms with van der Waals surface area (Å²) in [6.45, 7) is 4.19. The Morgan fingerprint density at radius 1 is 0.927 bits per heavy atom. The van der Waals surface area contributed by atoms with Crippen molar-refractivity contribution in [3.05, 3.63) is 89.1 Å². The van der Waals surface area contributed by atoms with E-state index in [9.17, 15) is 19.2 Å². The molecule has 3 aromatic rings. The van der Waals surface area contributed by atoms with Gasteiger partial charge in [-0.3, -0.25) is 24.5 Å². The number of amides is 4. The highest BCUT2D eigenvalue weighted by Crippen LogP contribution is 2.28. The average Bonchev–Trinajstić information content (AvgIpc) is 3.32. The van der Waals surface area contributed by atoms with E-state index in [0.29, 0.717) is 25.1 Å². The fourth-order valence-corrected chi connectivity index (χ4v) is 5.78. The molecule has 1 aromatic heterocycles. The Morgan fingerprint density at radius 2 is 1.76 bits per heavy atom. The van der Waals surface area contributed by atoms with E-state index in [1.807, 2.05) is 48.7 Å². The molecule has 3 aliphatic rings. The van der Waals surface area contributed by atoms with Gasteiger partial charge in [0.15, 0.2) is 0 Å². The minimum absolute atomic E-state index is 0.0798. The Kier molecular flexibility index (Phi) is 7.37. The summed E-state index contributed by atoms with van der Waals surface area (Å²) in [5, 5.41) is 5.31. The molecule has 0 radical (unpaired) electrons. The van der Waals surface area contributed by atoms with Gasteiger partial charge in [0, 0.05) is 63.1 Å². The number of hydrogen-bond acceptors (Lipinski definition) is 7. The van der Waals surface area contributed by atoms with Crippen LogP contribution in [0.4, 0.5) is 11.5 Å². The van der Waals surface area contributed by atoms with E-state index in [2.05, 4.69) is 37.6 Å². The number of rotatable bonds is 7. The number of pyridine rings is 1. The molecule has 10 nitrogen and oxygen atoms in total. The number of imide groups is 1. The van der Waals surface area contributed by atoms with Crippen LogP contribution < -0.4 is 20.4 Å². The van der Waals surface area contributed by atoms with Gasteiger partial charge in [0.25, 0.3) is 5.91 Å². The van der Waals surface area contributed by atoms with Gasteiger partial charge in [0.2, 0.25) is 17.7 Å². The fourth-order valence-electron chi connectivity index (χ4n) is 5.78.